The summed E-state index contributed by atoms with van der Waals surface area (Å²) in [5.41, 5.74) is 1.58. The van der Waals surface area contributed by atoms with Crippen molar-refractivity contribution in [3.8, 4) is 0 Å². The van der Waals surface area contributed by atoms with Crippen molar-refractivity contribution in [1.29, 1.82) is 0 Å². The van der Waals surface area contributed by atoms with Crippen LogP contribution in [0.4, 0.5) is 0 Å². The fourth-order valence-electron chi connectivity index (χ4n) is 1.91. The molecule has 0 spiro atoms. The number of carbonyl (C=O) groups excluding carboxylic acids is 1. The minimum Gasteiger partial charge on any atom is -0.292 e. The summed E-state index contributed by atoms with van der Waals surface area (Å²) in [6.07, 6.45) is 3.63. The lowest BCUT2D eigenvalue weighted by molar-refractivity contribution is 0.0970. The Morgan fingerprint density at radius 1 is 1.17 bits per heavy atom. The fraction of sp³-hybridized carbons (Fsp3) is 0.154. The summed E-state index contributed by atoms with van der Waals surface area (Å²) in [5, 5.41) is 1.51. The van der Waals surface area contributed by atoms with Crippen LogP contribution in [0.5, 0.6) is 0 Å². The highest BCUT2D eigenvalue weighted by atomic mass is 35.5. The van der Waals surface area contributed by atoms with E-state index in [0.717, 1.165) is 5.56 Å². The van der Waals surface area contributed by atoms with Crippen molar-refractivity contribution in [2.24, 2.45) is 0 Å². The van der Waals surface area contributed by atoms with Gasteiger partial charge in [-0.05, 0) is 17.7 Å². The Labute approximate surface area is 114 Å². The number of nitrogens with zero attached hydrogens (tertiary/aromatic N) is 2. The Morgan fingerprint density at radius 3 is 2.67 bits per heavy atom. The fourth-order valence-corrected chi connectivity index (χ4v) is 3.23. The zero-order chi connectivity index (χ0) is 12.5. The minimum absolute atomic E-state index is 0.0526. The standard InChI is InChI=1S/C13H9ClN2OS/c14-9-3-1-8(2-4-9)11-7-10(17)12-13(18-11)16-6-5-15-12/h1-6,11H,7H2/t11-/m1/s1. The molecule has 1 atom stereocenters. The number of aromatic nitrogens is 2. The summed E-state index contributed by atoms with van der Waals surface area (Å²) >= 11 is 7.45. The summed E-state index contributed by atoms with van der Waals surface area (Å²) in [4.78, 5) is 20.3. The van der Waals surface area contributed by atoms with Gasteiger partial charge < -0.3 is 0 Å². The van der Waals surface area contributed by atoms with Crippen molar-refractivity contribution in [3.63, 3.8) is 0 Å². The molecule has 3 nitrogen and oxygen atoms in total. The molecule has 3 rings (SSSR count). The van der Waals surface area contributed by atoms with E-state index in [4.69, 9.17) is 11.6 Å². The number of benzene rings is 1. The molecular weight excluding hydrogens is 268 g/mol. The van der Waals surface area contributed by atoms with Crippen LogP contribution in [-0.4, -0.2) is 15.8 Å². The molecule has 1 aromatic heterocycles. The van der Waals surface area contributed by atoms with Gasteiger partial charge in [0.1, 0.15) is 10.7 Å². The first-order chi connectivity index (χ1) is 8.74. The summed E-state index contributed by atoms with van der Waals surface area (Å²) in [5.74, 6) is 0.0526. The third kappa shape index (κ3) is 2.13. The molecule has 0 saturated carbocycles. The number of rotatable bonds is 1. The minimum atomic E-state index is 0.0526. The largest absolute Gasteiger partial charge is 0.292 e. The van der Waals surface area contributed by atoms with Gasteiger partial charge in [0.2, 0.25) is 0 Å². The number of halogens is 1. The van der Waals surface area contributed by atoms with Gasteiger partial charge in [-0.1, -0.05) is 35.5 Å². The molecule has 2 heterocycles. The molecule has 2 aromatic rings. The molecule has 1 aliphatic heterocycles. The Morgan fingerprint density at radius 2 is 1.89 bits per heavy atom. The average Bonchev–Trinajstić information content (AvgIpc) is 2.39. The smallest absolute Gasteiger partial charge is 0.185 e. The Bertz CT molecular complexity index is 600. The summed E-state index contributed by atoms with van der Waals surface area (Å²) < 4.78 is 0. The van der Waals surface area contributed by atoms with Crippen LogP contribution in [0.2, 0.25) is 5.02 Å². The van der Waals surface area contributed by atoms with E-state index < -0.39 is 0 Å². The normalized spacial score (nSPS) is 18.5. The van der Waals surface area contributed by atoms with Gasteiger partial charge in [0, 0.05) is 29.1 Å². The van der Waals surface area contributed by atoms with Crippen LogP contribution in [0.1, 0.15) is 27.7 Å². The van der Waals surface area contributed by atoms with Gasteiger partial charge in [0.15, 0.2) is 5.78 Å². The summed E-state index contributed by atoms with van der Waals surface area (Å²) in [6, 6.07) is 7.59. The highest BCUT2D eigenvalue weighted by Gasteiger charge is 2.28. The molecular formula is C13H9ClN2OS. The van der Waals surface area contributed by atoms with Crippen molar-refractivity contribution >= 4 is 29.1 Å². The van der Waals surface area contributed by atoms with Crippen molar-refractivity contribution in [1.82, 2.24) is 9.97 Å². The molecule has 0 unspecified atom stereocenters. The molecule has 0 N–H and O–H groups in total. The number of hydrogen-bond donors (Lipinski definition) is 0. The third-order valence-electron chi connectivity index (χ3n) is 2.80. The van der Waals surface area contributed by atoms with E-state index in [1.165, 1.54) is 0 Å². The van der Waals surface area contributed by atoms with Crippen LogP contribution in [-0.2, 0) is 0 Å². The van der Waals surface area contributed by atoms with Gasteiger partial charge in [-0.2, -0.15) is 0 Å². The van der Waals surface area contributed by atoms with Crippen LogP contribution in [0.3, 0.4) is 0 Å². The molecule has 0 saturated heterocycles. The van der Waals surface area contributed by atoms with E-state index in [2.05, 4.69) is 9.97 Å². The van der Waals surface area contributed by atoms with E-state index in [0.29, 0.717) is 22.2 Å². The van der Waals surface area contributed by atoms with Gasteiger partial charge >= 0.3 is 0 Å². The zero-order valence-electron chi connectivity index (χ0n) is 9.34. The lowest BCUT2D eigenvalue weighted by Gasteiger charge is -2.21. The Hall–Kier alpha value is -1.39. The van der Waals surface area contributed by atoms with Crippen molar-refractivity contribution < 1.29 is 4.79 Å². The molecule has 18 heavy (non-hydrogen) atoms. The maximum Gasteiger partial charge on any atom is 0.185 e. The molecule has 90 valence electrons. The van der Waals surface area contributed by atoms with Gasteiger partial charge in [0.05, 0.1) is 0 Å². The topological polar surface area (TPSA) is 42.9 Å². The van der Waals surface area contributed by atoms with E-state index in [-0.39, 0.29) is 11.0 Å². The molecule has 1 aromatic carbocycles. The van der Waals surface area contributed by atoms with Crippen molar-refractivity contribution in [2.75, 3.05) is 0 Å². The van der Waals surface area contributed by atoms with Gasteiger partial charge in [-0.15, -0.1) is 0 Å². The monoisotopic (exact) mass is 276 g/mol. The Balaban J connectivity index is 1.94. The van der Waals surface area contributed by atoms with Crippen LogP contribution >= 0.6 is 23.4 Å². The maximum atomic E-state index is 12.0. The second kappa shape index (κ2) is 4.71. The first-order valence-corrected chi connectivity index (χ1v) is 6.76. The average molecular weight is 277 g/mol. The highest BCUT2D eigenvalue weighted by Crippen LogP contribution is 2.42. The van der Waals surface area contributed by atoms with Crippen LogP contribution in [0.25, 0.3) is 0 Å². The van der Waals surface area contributed by atoms with Crippen LogP contribution in [0, 0.1) is 0 Å². The maximum absolute atomic E-state index is 12.0. The van der Waals surface area contributed by atoms with Crippen molar-refractivity contribution in [2.45, 2.75) is 16.7 Å². The number of Topliss-reactive ketones (excluding diaryl/α,β-unsaturated/α-hetero) is 1. The Kier molecular flexibility index (Phi) is 3.06. The number of fused-ring (bicyclic) bond motifs is 1. The predicted octanol–water partition coefficient (Wildman–Crippen LogP) is 3.55. The second-order valence-electron chi connectivity index (χ2n) is 4.00. The zero-order valence-corrected chi connectivity index (χ0v) is 10.9. The quantitative estimate of drug-likeness (QED) is 0.799. The first-order valence-electron chi connectivity index (χ1n) is 5.50. The van der Waals surface area contributed by atoms with Crippen molar-refractivity contribution in [3.05, 3.63) is 52.9 Å². The van der Waals surface area contributed by atoms with E-state index >= 15 is 0 Å². The van der Waals surface area contributed by atoms with Crippen LogP contribution < -0.4 is 0 Å². The number of thioether (sulfide) groups is 1. The SMILES string of the molecule is O=C1C[C@H](c2ccc(Cl)cc2)Sc2nccnc21. The summed E-state index contributed by atoms with van der Waals surface area (Å²) in [7, 11) is 0. The van der Waals surface area contributed by atoms with E-state index in [1.54, 1.807) is 24.2 Å². The number of hydrogen-bond acceptors (Lipinski definition) is 4. The van der Waals surface area contributed by atoms with E-state index in [9.17, 15) is 4.79 Å². The molecule has 5 heteroatoms. The molecule has 0 bridgehead atoms. The molecule has 0 radical (unpaired) electrons. The van der Waals surface area contributed by atoms with E-state index in [1.807, 2.05) is 24.3 Å². The third-order valence-corrected chi connectivity index (χ3v) is 4.29. The molecule has 1 aliphatic rings. The summed E-state index contributed by atoms with van der Waals surface area (Å²) in [6.45, 7) is 0. The second-order valence-corrected chi connectivity index (χ2v) is 5.62. The van der Waals surface area contributed by atoms with Gasteiger partial charge in [-0.3, -0.25) is 4.79 Å². The predicted molar refractivity (Wildman–Crippen MR) is 71.0 cm³/mol. The number of ketones is 1. The highest BCUT2D eigenvalue weighted by molar-refractivity contribution is 7.99. The van der Waals surface area contributed by atoms with Crippen LogP contribution in [0.15, 0.2) is 41.7 Å². The molecule has 0 amide bonds. The van der Waals surface area contributed by atoms with Gasteiger partial charge in [0.25, 0.3) is 0 Å². The van der Waals surface area contributed by atoms with Gasteiger partial charge in [-0.25, -0.2) is 9.97 Å². The number of carbonyl (C=O) groups is 1. The lowest BCUT2D eigenvalue weighted by Crippen LogP contribution is -2.14. The first kappa shape index (κ1) is 11.7. The molecule has 0 aliphatic carbocycles. The molecule has 0 fully saturated rings. The lowest BCUT2D eigenvalue weighted by atomic mass is 10.1.